The fourth-order valence-corrected chi connectivity index (χ4v) is 3.90. The van der Waals surface area contributed by atoms with Gasteiger partial charge >= 0.3 is 0 Å². The molecule has 0 radical (unpaired) electrons. The third-order valence-corrected chi connectivity index (χ3v) is 5.86. The van der Waals surface area contributed by atoms with Gasteiger partial charge in [-0.2, -0.15) is 0 Å². The summed E-state index contributed by atoms with van der Waals surface area (Å²) in [5.74, 6) is 1.44. The molecule has 1 atom stereocenters. The van der Waals surface area contributed by atoms with E-state index in [1.54, 1.807) is 31.3 Å². The molecule has 7 heteroatoms. The van der Waals surface area contributed by atoms with Crippen LogP contribution >= 0.6 is 0 Å². The molecule has 0 saturated heterocycles. The standard InChI is InChI=1S/C30H36N2O5/c1-22(2)19-31-30(34)26(18-23-11-6-5-7-12-23)32(20-24-13-10-14-25(17-24)35-3)29(33)21-37-28-16-9-8-15-27(28)36-4/h5-17,22,26H,18-21H2,1-4H3,(H,31,34)/t26-/m0/s1. The van der Waals surface area contributed by atoms with Crippen LogP contribution in [0, 0.1) is 5.92 Å². The molecule has 0 fully saturated rings. The predicted octanol–water partition coefficient (Wildman–Crippen LogP) is 4.49. The first kappa shape index (κ1) is 27.6. The van der Waals surface area contributed by atoms with Crippen molar-refractivity contribution in [3.05, 3.63) is 90.0 Å². The molecule has 0 unspecified atom stereocenters. The number of nitrogens with zero attached hydrogens (tertiary/aromatic N) is 1. The van der Waals surface area contributed by atoms with Gasteiger partial charge in [0.15, 0.2) is 18.1 Å². The fraction of sp³-hybridized carbons (Fsp3) is 0.333. The lowest BCUT2D eigenvalue weighted by atomic mass is 10.0. The molecule has 0 spiro atoms. The van der Waals surface area contributed by atoms with E-state index >= 15 is 0 Å². The zero-order valence-electron chi connectivity index (χ0n) is 22.0. The zero-order valence-corrected chi connectivity index (χ0v) is 22.0. The Morgan fingerprint density at radius 1 is 0.838 bits per heavy atom. The Kier molecular flexibility index (Phi) is 10.4. The molecule has 3 rings (SSSR count). The average Bonchev–Trinajstić information content (AvgIpc) is 2.93. The highest BCUT2D eigenvalue weighted by atomic mass is 16.5. The van der Waals surface area contributed by atoms with Crippen molar-refractivity contribution < 1.29 is 23.8 Å². The van der Waals surface area contributed by atoms with Crippen molar-refractivity contribution in [2.24, 2.45) is 5.92 Å². The second-order valence-electron chi connectivity index (χ2n) is 9.16. The Balaban J connectivity index is 1.93. The topological polar surface area (TPSA) is 77.1 Å². The number of benzene rings is 3. The minimum atomic E-state index is -0.735. The highest BCUT2D eigenvalue weighted by molar-refractivity contribution is 5.88. The van der Waals surface area contributed by atoms with Crippen LogP contribution in [0.15, 0.2) is 78.9 Å². The van der Waals surface area contributed by atoms with Crippen LogP contribution in [0.1, 0.15) is 25.0 Å². The number of hydrogen-bond acceptors (Lipinski definition) is 5. The highest BCUT2D eigenvalue weighted by Gasteiger charge is 2.31. The average molecular weight is 505 g/mol. The molecule has 0 saturated carbocycles. The molecular formula is C30H36N2O5. The predicted molar refractivity (Wildman–Crippen MR) is 144 cm³/mol. The Morgan fingerprint density at radius 3 is 2.19 bits per heavy atom. The maximum atomic E-state index is 13.7. The van der Waals surface area contributed by atoms with Gasteiger partial charge in [-0.15, -0.1) is 0 Å². The van der Waals surface area contributed by atoms with Crippen LogP contribution in [0.5, 0.6) is 17.2 Å². The number of methoxy groups -OCH3 is 2. The molecule has 1 N–H and O–H groups in total. The SMILES string of the molecule is COc1cccc(CN(C(=O)COc2ccccc2OC)[C@@H](Cc2ccccc2)C(=O)NCC(C)C)c1. The van der Waals surface area contributed by atoms with Gasteiger partial charge in [-0.05, 0) is 41.3 Å². The van der Waals surface area contributed by atoms with Gasteiger partial charge in [0, 0.05) is 19.5 Å². The quantitative estimate of drug-likeness (QED) is 0.371. The number of rotatable bonds is 13. The second kappa shape index (κ2) is 13.9. The molecule has 2 amide bonds. The molecule has 0 aromatic heterocycles. The summed E-state index contributed by atoms with van der Waals surface area (Å²) in [7, 11) is 3.15. The summed E-state index contributed by atoms with van der Waals surface area (Å²) in [5, 5.41) is 3.02. The van der Waals surface area contributed by atoms with Crippen LogP contribution in [0.4, 0.5) is 0 Å². The number of amides is 2. The van der Waals surface area contributed by atoms with Crippen LogP contribution in [0.3, 0.4) is 0 Å². The lowest BCUT2D eigenvalue weighted by Crippen LogP contribution is -2.52. The van der Waals surface area contributed by atoms with Gasteiger partial charge in [-0.3, -0.25) is 9.59 Å². The van der Waals surface area contributed by atoms with Crippen LogP contribution in [-0.4, -0.2) is 50.1 Å². The Morgan fingerprint density at radius 2 is 1.51 bits per heavy atom. The van der Waals surface area contributed by atoms with Gasteiger partial charge in [0.05, 0.1) is 14.2 Å². The monoisotopic (exact) mass is 504 g/mol. The van der Waals surface area contributed by atoms with Crippen LogP contribution in [0.25, 0.3) is 0 Å². The van der Waals surface area contributed by atoms with Gasteiger partial charge in [0.1, 0.15) is 11.8 Å². The van der Waals surface area contributed by atoms with E-state index in [1.807, 2.05) is 80.6 Å². The molecule has 7 nitrogen and oxygen atoms in total. The largest absolute Gasteiger partial charge is 0.497 e. The lowest BCUT2D eigenvalue weighted by Gasteiger charge is -2.32. The van der Waals surface area contributed by atoms with Crippen molar-refractivity contribution in [2.75, 3.05) is 27.4 Å². The summed E-state index contributed by atoms with van der Waals surface area (Å²) >= 11 is 0. The maximum Gasteiger partial charge on any atom is 0.261 e. The molecule has 0 aliphatic carbocycles. The summed E-state index contributed by atoms with van der Waals surface area (Å²) in [6.45, 7) is 4.56. The van der Waals surface area contributed by atoms with E-state index in [2.05, 4.69) is 5.32 Å². The number of hydrogen-bond donors (Lipinski definition) is 1. The van der Waals surface area contributed by atoms with Gasteiger partial charge in [-0.25, -0.2) is 0 Å². The summed E-state index contributed by atoms with van der Waals surface area (Å²) in [6.07, 6.45) is 0.370. The first-order valence-corrected chi connectivity index (χ1v) is 12.4. The fourth-order valence-electron chi connectivity index (χ4n) is 3.90. The molecular weight excluding hydrogens is 468 g/mol. The smallest absolute Gasteiger partial charge is 0.261 e. The molecule has 196 valence electrons. The lowest BCUT2D eigenvalue weighted by molar-refractivity contribution is -0.142. The summed E-state index contributed by atoms with van der Waals surface area (Å²) in [6, 6.07) is 23.6. The minimum Gasteiger partial charge on any atom is -0.497 e. The Bertz CT molecular complexity index is 1150. The number of carbonyl (C=O) groups is 2. The number of nitrogens with one attached hydrogen (secondary N) is 1. The van der Waals surface area contributed by atoms with Crippen molar-refractivity contribution in [1.29, 1.82) is 0 Å². The van der Waals surface area contributed by atoms with E-state index in [0.717, 1.165) is 11.1 Å². The zero-order chi connectivity index (χ0) is 26.6. The number of para-hydroxylation sites is 2. The van der Waals surface area contributed by atoms with E-state index in [-0.39, 0.29) is 30.9 Å². The van der Waals surface area contributed by atoms with Crippen LogP contribution in [0.2, 0.25) is 0 Å². The summed E-state index contributed by atoms with van der Waals surface area (Å²) in [5.41, 5.74) is 1.81. The minimum absolute atomic E-state index is 0.203. The first-order chi connectivity index (χ1) is 17.9. The van der Waals surface area contributed by atoms with E-state index < -0.39 is 6.04 Å². The van der Waals surface area contributed by atoms with Crippen molar-refractivity contribution in [3.63, 3.8) is 0 Å². The third-order valence-electron chi connectivity index (χ3n) is 5.86. The van der Waals surface area contributed by atoms with E-state index in [4.69, 9.17) is 14.2 Å². The summed E-state index contributed by atoms with van der Waals surface area (Å²) < 4.78 is 16.6. The first-order valence-electron chi connectivity index (χ1n) is 12.4. The van der Waals surface area contributed by atoms with Crippen molar-refractivity contribution in [3.8, 4) is 17.2 Å². The van der Waals surface area contributed by atoms with Gasteiger partial charge in [0.2, 0.25) is 5.91 Å². The van der Waals surface area contributed by atoms with Crippen LogP contribution < -0.4 is 19.5 Å². The second-order valence-corrected chi connectivity index (χ2v) is 9.16. The Hall–Kier alpha value is -4.00. The summed E-state index contributed by atoms with van der Waals surface area (Å²) in [4.78, 5) is 28.8. The highest BCUT2D eigenvalue weighted by Crippen LogP contribution is 2.26. The molecule has 0 aliphatic heterocycles. The van der Waals surface area contributed by atoms with Gasteiger partial charge < -0.3 is 24.4 Å². The van der Waals surface area contributed by atoms with Gasteiger partial charge in [0.25, 0.3) is 5.91 Å². The van der Waals surface area contributed by atoms with Crippen molar-refractivity contribution >= 4 is 11.8 Å². The van der Waals surface area contributed by atoms with E-state index in [0.29, 0.717) is 30.2 Å². The normalized spacial score (nSPS) is 11.5. The molecule has 3 aromatic carbocycles. The van der Waals surface area contributed by atoms with Crippen LogP contribution in [-0.2, 0) is 22.6 Å². The molecule has 37 heavy (non-hydrogen) atoms. The van der Waals surface area contributed by atoms with Crippen molar-refractivity contribution in [2.45, 2.75) is 32.9 Å². The number of carbonyl (C=O) groups excluding carboxylic acids is 2. The molecule has 0 heterocycles. The third kappa shape index (κ3) is 8.27. The van der Waals surface area contributed by atoms with Gasteiger partial charge in [-0.1, -0.05) is 68.4 Å². The maximum absolute atomic E-state index is 13.7. The van der Waals surface area contributed by atoms with E-state index in [1.165, 1.54) is 0 Å². The van der Waals surface area contributed by atoms with E-state index in [9.17, 15) is 9.59 Å². The molecule has 3 aromatic rings. The Labute approximate surface area is 219 Å². The van der Waals surface area contributed by atoms with Crippen molar-refractivity contribution in [1.82, 2.24) is 10.2 Å². The number of ether oxygens (including phenoxy) is 3. The molecule has 0 aliphatic rings. The molecule has 0 bridgehead atoms.